The smallest absolute Gasteiger partial charge is 0.308 e. The first-order valence-corrected chi connectivity index (χ1v) is 8.69. The van der Waals surface area contributed by atoms with E-state index in [1.165, 1.54) is 12.4 Å². The number of hydrogen-bond acceptors (Lipinski definition) is 5. The minimum Gasteiger partial charge on any atom is -0.308 e. The molecule has 2 amide bonds. The zero-order valence-corrected chi connectivity index (χ0v) is 15.2. The summed E-state index contributed by atoms with van der Waals surface area (Å²) in [6.07, 6.45) is -1.55. The highest BCUT2D eigenvalue weighted by molar-refractivity contribution is 6.03. The number of nitrogens with zero attached hydrogens (tertiary/aromatic N) is 4. The van der Waals surface area contributed by atoms with Crippen LogP contribution in [0.1, 0.15) is 5.56 Å². The van der Waals surface area contributed by atoms with Crippen molar-refractivity contribution in [2.24, 2.45) is 0 Å². The Morgan fingerprint density at radius 1 is 0.833 bits per heavy atom. The molecule has 2 N–H and O–H groups in total. The number of carbonyl (C=O) groups is 1. The Labute approximate surface area is 168 Å². The van der Waals surface area contributed by atoms with E-state index in [0.29, 0.717) is 5.82 Å². The van der Waals surface area contributed by atoms with E-state index in [-0.39, 0.29) is 22.7 Å². The first-order valence-electron chi connectivity index (χ1n) is 8.69. The van der Waals surface area contributed by atoms with Crippen molar-refractivity contribution in [2.75, 3.05) is 10.6 Å². The molecule has 4 rings (SSSR count). The highest BCUT2D eigenvalue weighted by Crippen LogP contribution is 2.30. The lowest BCUT2D eigenvalue weighted by Crippen LogP contribution is -2.21. The normalized spacial score (nSPS) is 11.3. The van der Waals surface area contributed by atoms with Crippen LogP contribution >= 0.6 is 0 Å². The summed E-state index contributed by atoms with van der Waals surface area (Å²) in [7, 11) is 0. The van der Waals surface area contributed by atoms with Crippen molar-refractivity contribution in [1.82, 2.24) is 19.9 Å². The Kier molecular flexibility index (Phi) is 4.97. The fraction of sp³-hybridized carbons (Fsp3) is 0.0500. The number of benzene rings is 2. The van der Waals surface area contributed by atoms with E-state index in [2.05, 4.69) is 30.6 Å². The molecule has 0 spiro atoms. The maximum Gasteiger partial charge on any atom is 0.416 e. The zero-order chi connectivity index (χ0) is 21.1. The van der Waals surface area contributed by atoms with Gasteiger partial charge in [-0.25, -0.2) is 24.7 Å². The number of amides is 2. The third-order valence-electron chi connectivity index (χ3n) is 4.07. The second kappa shape index (κ2) is 7.74. The van der Waals surface area contributed by atoms with Crippen LogP contribution in [0.3, 0.4) is 0 Å². The second-order valence-corrected chi connectivity index (χ2v) is 6.14. The number of carbonyl (C=O) groups excluding carboxylic acids is 1. The van der Waals surface area contributed by atoms with Gasteiger partial charge >= 0.3 is 12.2 Å². The van der Waals surface area contributed by atoms with Crippen LogP contribution in [-0.4, -0.2) is 26.0 Å². The molecule has 30 heavy (non-hydrogen) atoms. The van der Waals surface area contributed by atoms with Crippen LogP contribution in [0.15, 0.2) is 67.0 Å². The van der Waals surface area contributed by atoms with Gasteiger partial charge in [-0.2, -0.15) is 13.2 Å². The molecule has 0 aliphatic rings. The average Bonchev–Trinajstić information content (AvgIpc) is 2.74. The van der Waals surface area contributed by atoms with Crippen molar-refractivity contribution < 1.29 is 18.0 Å². The lowest BCUT2D eigenvalue weighted by Gasteiger charge is -2.11. The summed E-state index contributed by atoms with van der Waals surface area (Å²) in [5.41, 5.74) is 0.665. The minimum absolute atomic E-state index is 0.122. The number of anilines is 2. The largest absolute Gasteiger partial charge is 0.416 e. The number of aromatic nitrogens is 4. The Morgan fingerprint density at radius 2 is 1.53 bits per heavy atom. The van der Waals surface area contributed by atoms with Gasteiger partial charge in [-0.1, -0.05) is 30.3 Å². The molecular formula is C20H13F3N6O. The van der Waals surface area contributed by atoms with E-state index < -0.39 is 17.8 Å². The second-order valence-electron chi connectivity index (χ2n) is 6.14. The molecule has 0 fully saturated rings. The predicted molar refractivity (Wildman–Crippen MR) is 105 cm³/mol. The summed E-state index contributed by atoms with van der Waals surface area (Å²) in [4.78, 5) is 29.5. The SMILES string of the molecule is O=C(Nc1ccc(C(F)(F)F)cc1)Nc1nc(-c2ccccc2)nc2nccnc12. The minimum atomic E-state index is -4.45. The number of rotatable bonds is 3. The van der Waals surface area contributed by atoms with E-state index in [9.17, 15) is 18.0 Å². The Balaban J connectivity index is 1.60. The van der Waals surface area contributed by atoms with Crippen molar-refractivity contribution in [2.45, 2.75) is 6.18 Å². The number of halogens is 3. The van der Waals surface area contributed by atoms with Gasteiger partial charge in [-0.3, -0.25) is 5.32 Å². The Morgan fingerprint density at radius 3 is 2.23 bits per heavy atom. The van der Waals surface area contributed by atoms with Crippen molar-refractivity contribution >= 4 is 28.7 Å². The number of fused-ring (bicyclic) bond motifs is 1. The molecule has 0 unspecified atom stereocenters. The van der Waals surface area contributed by atoms with Crippen molar-refractivity contribution in [3.05, 3.63) is 72.6 Å². The molecule has 10 heteroatoms. The van der Waals surface area contributed by atoms with E-state index in [1.54, 1.807) is 0 Å². The lowest BCUT2D eigenvalue weighted by atomic mass is 10.2. The molecule has 0 bridgehead atoms. The quantitative estimate of drug-likeness (QED) is 0.509. The van der Waals surface area contributed by atoms with Gasteiger partial charge in [0.25, 0.3) is 0 Å². The summed E-state index contributed by atoms with van der Waals surface area (Å²) >= 11 is 0. The molecule has 0 aliphatic heterocycles. The van der Waals surface area contributed by atoms with Gasteiger partial charge in [-0.15, -0.1) is 0 Å². The zero-order valence-electron chi connectivity index (χ0n) is 15.2. The lowest BCUT2D eigenvalue weighted by molar-refractivity contribution is -0.137. The number of urea groups is 1. The van der Waals surface area contributed by atoms with Gasteiger partial charge < -0.3 is 5.32 Å². The summed E-state index contributed by atoms with van der Waals surface area (Å²) in [6.45, 7) is 0. The fourth-order valence-corrected chi connectivity index (χ4v) is 2.68. The monoisotopic (exact) mass is 410 g/mol. The first kappa shape index (κ1) is 19.2. The molecule has 7 nitrogen and oxygen atoms in total. The molecule has 2 aromatic carbocycles. The van der Waals surface area contributed by atoms with Crippen LogP contribution in [0.2, 0.25) is 0 Å². The molecule has 0 saturated carbocycles. The van der Waals surface area contributed by atoms with Gasteiger partial charge in [0.2, 0.25) is 0 Å². The van der Waals surface area contributed by atoms with Crippen LogP contribution in [0, 0.1) is 0 Å². The summed E-state index contributed by atoms with van der Waals surface area (Å²) in [5.74, 6) is 0.463. The third-order valence-corrected chi connectivity index (χ3v) is 4.07. The van der Waals surface area contributed by atoms with Crippen molar-refractivity contribution in [3.63, 3.8) is 0 Å². The molecule has 150 valence electrons. The molecule has 0 radical (unpaired) electrons. The van der Waals surface area contributed by atoms with Crippen molar-refractivity contribution in [3.8, 4) is 11.4 Å². The predicted octanol–water partition coefficient (Wildman–Crippen LogP) is 4.75. The number of nitrogens with one attached hydrogen (secondary N) is 2. The van der Waals surface area contributed by atoms with Gasteiger partial charge in [-0.05, 0) is 24.3 Å². The molecule has 4 aromatic rings. The highest BCUT2D eigenvalue weighted by Gasteiger charge is 2.30. The van der Waals surface area contributed by atoms with E-state index in [1.807, 2.05) is 30.3 Å². The molecule has 0 atom stereocenters. The van der Waals surface area contributed by atoms with Gasteiger partial charge in [0.15, 0.2) is 22.8 Å². The number of alkyl halides is 3. The molecular weight excluding hydrogens is 397 g/mol. The topological polar surface area (TPSA) is 92.7 Å². The van der Waals surface area contributed by atoms with Crippen LogP contribution < -0.4 is 10.6 Å². The summed E-state index contributed by atoms with van der Waals surface area (Å²) in [5, 5.41) is 5.03. The summed E-state index contributed by atoms with van der Waals surface area (Å²) in [6, 6.07) is 12.5. The molecule has 2 heterocycles. The maximum absolute atomic E-state index is 12.7. The van der Waals surface area contributed by atoms with Crippen LogP contribution in [0.4, 0.5) is 29.5 Å². The van der Waals surface area contributed by atoms with Crippen LogP contribution in [-0.2, 0) is 6.18 Å². The standard InChI is InChI=1S/C20H13F3N6O/c21-20(22,23)13-6-8-14(9-7-13)26-19(30)29-18-15-17(25-11-10-24-15)27-16(28-18)12-4-2-1-3-5-12/h1-11H,(H2,25,26,27,28,29,30). The third kappa shape index (κ3) is 4.17. The molecule has 0 aliphatic carbocycles. The van der Waals surface area contributed by atoms with Gasteiger partial charge in [0.05, 0.1) is 5.56 Å². The van der Waals surface area contributed by atoms with E-state index in [0.717, 1.165) is 29.8 Å². The van der Waals surface area contributed by atoms with E-state index >= 15 is 0 Å². The van der Waals surface area contributed by atoms with E-state index in [4.69, 9.17) is 0 Å². The first-order chi connectivity index (χ1) is 14.4. The molecule has 0 saturated heterocycles. The highest BCUT2D eigenvalue weighted by atomic mass is 19.4. The number of hydrogen-bond donors (Lipinski definition) is 2. The fourth-order valence-electron chi connectivity index (χ4n) is 2.68. The Bertz CT molecular complexity index is 1200. The summed E-state index contributed by atoms with van der Waals surface area (Å²) < 4.78 is 38.0. The Hall–Kier alpha value is -4.08. The maximum atomic E-state index is 12.7. The van der Waals surface area contributed by atoms with Crippen LogP contribution in [0.5, 0.6) is 0 Å². The van der Waals surface area contributed by atoms with Crippen LogP contribution in [0.25, 0.3) is 22.6 Å². The van der Waals surface area contributed by atoms with Gasteiger partial charge in [0, 0.05) is 23.6 Å². The molecule has 2 aromatic heterocycles. The van der Waals surface area contributed by atoms with Gasteiger partial charge in [0.1, 0.15) is 0 Å². The van der Waals surface area contributed by atoms with Crippen molar-refractivity contribution in [1.29, 1.82) is 0 Å². The average molecular weight is 410 g/mol.